The van der Waals surface area contributed by atoms with E-state index in [4.69, 9.17) is 4.74 Å². The molecule has 37 heavy (non-hydrogen) atoms. The highest BCUT2D eigenvalue weighted by Gasteiger charge is 2.32. The smallest absolute Gasteiger partial charge is 0.264 e. The topological polar surface area (TPSA) is 96.0 Å². The zero-order valence-corrected chi connectivity index (χ0v) is 22.6. The van der Waals surface area contributed by atoms with Crippen LogP contribution in [0.5, 0.6) is 5.75 Å². The fourth-order valence-electron chi connectivity index (χ4n) is 3.80. The minimum atomic E-state index is -4.12. The van der Waals surface area contributed by atoms with E-state index in [9.17, 15) is 18.0 Å². The summed E-state index contributed by atoms with van der Waals surface area (Å²) in [6, 6.07) is 19.7. The molecule has 0 radical (unpaired) electrons. The second-order valence-electron chi connectivity index (χ2n) is 8.82. The van der Waals surface area contributed by atoms with Crippen LogP contribution in [0, 0.1) is 13.8 Å². The van der Waals surface area contributed by atoms with Crippen LogP contribution in [0.15, 0.2) is 77.7 Å². The van der Waals surface area contributed by atoms with Crippen molar-refractivity contribution in [3.63, 3.8) is 0 Å². The predicted octanol–water partition coefficient (Wildman–Crippen LogP) is 3.67. The van der Waals surface area contributed by atoms with Gasteiger partial charge in [-0.25, -0.2) is 8.42 Å². The average Bonchev–Trinajstić information content (AvgIpc) is 2.91. The van der Waals surface area contributed by atoms with Gasteiger partial charge in [-0.1, -0.05) is 47.5 Å². The van der Waals surface area contributed by atoms with E-state index < -0.39 is 28.5 Å². The number of nitrogens with zero attached hydrogens (tertiary/aromatic N) is 2. The average molecular weight is 524 g/mol. The highest BCUT2D eigenvalue weighted by molar-refractivity contribution is 7.92. The Bertz CT molecular complexity index is 1320. The van der Waals surface area contributed by atoms with Crippen molar-refractivity contribution in [3.05, 3.63) is 89.5 Å². The Hall–Kier alpha value is -3.85. The Kier molecular flexibility index (Phi) is 8.94. The van der Waals surface area contributed by atoms with Crippen LogP contribution in [0.4, 0.5) is 5.69 Å². The van der Waals surface area contributed by atoms with E-state index in [0.29, 0.717) is 11.4 Å². The molecular weight excluding hydrogens is 490 g/mol. The van der Waals surface area contributed by atoms with Crippen molar-refractivity contribution in [2.24, 2.45) is 0 Å². The Balaban J connectivity index is 2.01. The van der Waals surface area contributed by atoms with Gasteiger partial charge in [0.2, 0.25) is 11.8 Å². The third-order valence-corrected chi connectivity index (χ3v) is 7.92. The second-order valence-corrected chi connectivity index (χ2v) is 10.7. The monoisotopic (exact) mass is 523 g/mol. The van der Waals surface area contributed by atoms with Gasteiger partial charge >= 0.3 is 0 Å². The minimum Gasteiger partial charge on any atom is -0.497 e. The summed E-state index contributed by atoms with van der Waals surface area (Å²) >= 11 is 0. The number of hydrogen-bond acceptors (Lipinski definition) is 5. The molecule has 2 amide bonds. The number of anilines is 1. The van der Waals surface area contributed by atoms with Gasteiger partial charge in [0.15, 0.2) is 0 Å². The number of benzene rings is 3. The van der Waals surface area contributed by atoms with Gasteiger partial charge in [-0.15, -0.1) is 0 Å². The summed E-state index contributed by atoms with van der Waals surface area (Å²) in [5, 5.41) is 2.58. The van der Waals surface area contributed by atoms with Crippen LogP contribution < -0.4 is 14.4 Å². The second kappa shape index (κ2) is 11.9. The molecule has 0 aliphatic heterocycles. The quantitative estimate of drug-likeness (QED) is 0.438. The number of ether oxygens (including phenoxy) is 1. The lowest BCUT2D eigenvalue weighted by atomic mass is 10.1. The first-order valence-electron chi connectivity index (χ1n) is 11.9. The van der Waals surface area contributed by atoms with Crippen molar-refractivity contribution in [1.82, 2.24) is 10.2 Å². The first-order chi connectivity index (χ1) is 17.6. The van der Waals surface area contributed by atoms with Gasteiger partial charge in [-0.3, -0.25) is 13.9 Å². The van der Waals surface area contributed by atoms with Gasteiger partial charge in [-0.2, -0.15) is 0 Å². The molecule has 0 bridgehead atoms. The molecule has 1 N–H and O–H groups in total. The molecule has 3 aromatic carbocycles. The number of hydrogen-bond donors (Lipinski definition) is 1. The van der Waals surface area contributed by atoms with Crippen LogP contribution in [0.2, 0.25) is 0 Å². The molecule has 0 unspecified atom stereocenters. The minimum absolute atomic E-state index is 0.0195. The first kappa shape index (κ1) is 27.7. The molecule has 0 spiro atoms. The molecule has 1 atom stereocenters. The van der Waals surface area contributed by atoms with Crippen LogP contribution in [0.3, 0.4) is 0 Å². The number of sulfonamides is 1. The molecular formula is C28H33N3O5S. The molecule has 0 aliphatic rings. The largest absolute Gasteiger partial charge is 0.497 e. The fraction of sp³-hybridized carbons (Fsp3) is 0.286. The summed E-state index contributed by atoms with van der Waals surface area (Å²) in [7, 11) is -1.12. The maximum atomic E-state index is 13.8. The summed E-state index contributed by atoms with van der Waals surface area (Å²) in [6.07, 6.45) is 0. The zero-order chi connectivity index (χ0) is 27.2. The van der Waals surface area contributed by atoms with Crippen molar-refractivity contribution >= 4 is 27.5 Å². The Morgan fingerprint density at radius 2 is 1.43 bits per heavy atom. The molecule has 0 fully saturated rings. The molecule has 8 nitrogen and oxygen atoms in total. The van der Waals surface area contributed by atoms with Crippen molar-refractivity contribution < 1.29 is 22.7 Å². The number of methoxy groups -OCH3 is 1. The van der Waals surface area contributed by atoms with Crippen molar-refractivity contribution in [2.45, 2.75) is 38.3 Å². The van der Waals surface area contributed by atoms with Crippen molar-refractivity contribution in [2.75, 3.05) is 25.0 Å². The van der Waals surface area contributed by atoms with Crippen molar-refractivity contribution in [3.8, 4) is 5.75 Å². The summed E-state index contributed by atoms with van der Waals surface area (Å²) in [5.41, 5.74) is 3.19. The van der Waals surface area contributed by atoms with E-state index in [0.717, 1.165) is 21.0 Å². The van der Waals surface area contributed by atoms with Crippen LogP contribution in [0.1, 0.15) is 23.6 Å². The molecule has 196 valence electrons. The van der Waals surface area contributed by atoms with E-state index >= 15 is 0 Å². The van der Waals surface area contributed by atoms with E-state index in [-0.39, 0.29) is 17.3 Å². The number of aryl methyl sites for hydroxylation is 2. The van der Waals surface area contributed by atoms with Crippen LogP contribution in [-0.4, -0.2) is 51.9 Å². The maximum absolute atomic E-state index is 13.8. The molecule has 3 rings (SSSR count). The van der Waals surface area contributed by atoms with Crippen LogP contribution >= 0.6 is 0 Å². The van der Waals surface area contributed by atoms with E-state index in [1.54, 1.807) is 43.3 Å². The summed E-state index contributed by atoms with van der Waals surface area (Å²) in [4.78, 5) is 27.7. The highest BCUT2D eigenvalue weighted by atomic mass is 32.2. The molecule has 3 aromatic rings. The summed E-state index contributed by atoms with van der Waals surface area (Å²) < 4.78 is 33.8. The van der Waals surface area contributed by atoms with Gasteiger partial charge < -0.3 is 15.0 Å². The molecule has 0 aliphatic carbocycles. The first-order valence-corrected chi connectivity index (χ1v) is 13.3. The lowest BCUT2D eigenvalue weighted by Gasteiger charge is -2.31. The number of likely N-dealkylation sites (N-methyl/N-ethyl adjacent to an activating group) is 1. The number of nitrogens with one attached hydrogen (secondary N) is 1. The van der Waals surface area contributed by atoms with Gasteiger partial charge in [-0.05, 0) is 62.7 Å². The molecule has 9 heteroatoms. The molecule has 0 saturated carbocycles. The van der Waals surface area contributed by atoms with E-state index in [1.807, 2.05) is 38.1 Å². The summed E-state index contributed by atoms with van der Waals surface area (Å²) in [5.74, 6) is -0.338. The Morgan fingerprint density at radius 3 is 1.95 bits per heavy atom. The molecule has 0 heterocycles. The van der Waals surface area contributed by atoms with Gasteiger partial charge in [0.1, 0.15) is 18.3 Å². The fourth-order valence-corrected chi connectivity index (χ4v) is 5.21. The van der Waals surface area contributed by atoms with Crippen LogP contribution in [0.25, 0.3) is 0 Å². The highest BCUT2D eigenvalue weighted by Crippen LogP contribution is 2.26. The van der Waals surface area contributed by atoms with Crippen LogP contribution in [-0.2, 0) is 26.2 Å². The normalized spacial score (nSPS) is 11.9. The standard InChI is InChI=1S/C28H33N3O5S/c1-20-6-10-23(11-7-20)18-30(22(3)28(33)29-4)27(32)19-31(24-12-8-21(2)9-13-24)37(34,35)26-16-14-25(36-5)15-17-26/h6-17,22H,18-19H2,1-5H3,(H,29,33)/t22-/m0/s1. The summed E-state index contributed by atoms with van der Waals surface area (Å²) in [6.45, 7) is 5.15. The third-order valence-electron chi connectivity index (χ3n) is 6.14. The van der Waals surface area contributed by atoms with Gasteiger partial charge in [0.05, 0.1) is 17.7 Å². The van der Waals surface area contributed by atoms with Gasteiger partial charge in [0.25, 0.3) is 10.0 Å². The Labute approximate surface area is 218 Å². The lowest BCUT2D eigenvalue weighted by molar-refractivity contribution is -0.139. The zero-order valence-electron chi connectivity index (χ0n) is 21.8. The number of carbonyl (C=O) groups excluding carboxylic acids is 2. The number of carbonyl (C=O) groups is 2. The SMILES string of the molecule is CNC(=O)[C@H](C)N(Cc1ccc(C)cc1)C(=O)CN(c1ccc(C)cc1)S(=O)(=O)c1ccc(OC)cc1. The lowest BCUT2D eigenvalue weighted by Crippen LogP contribution is -2.50. The third kappa shape index (κ3) is 6.68. The van der Waals surface area contributed by atoms with Crippen molar-refractivity contribution in [1.29, 1.82) is 0 Å². The van der Waals surface area contributed by atoms with E-state index in [2.05, 4.69) is 5.32 Å². The predicted molar refractivity (Wildman–Crippen MR) is 144 cm³/mol. The number of amides is 2. The molecule has 0 saturated heterocycles. The van der Waals surface area contributed by atoms with E-state index in [1.165, 1.54) is 31.2 Å². The van der Waals surface area contributed by atoms with Gasteiger partial charge in [0, 0.05) is 13.6 Å². The molecule has 0 aromatic heterocycles. The Morgan fingerprint density at radius 1 is 0.892 bits per heavy atom. The number of rotatable bonds is 10. The maximum Gasteiger partial charge on any atom is 0.264 e.